The molecule has 23 heteroatoms. The van der Waals surface area contributed by atoms with Gasteiger partial charge >= 0.3 is 22.4 Å². The predicted octanol–water partition coefficient (Wildman–Crippen LogP) is -0.714. The fourth-order valence-electron chi connectivity index (χ4n) is 3.37. The predicted molar refractivity (Wildman–Crippen MR) is 146 cm³/mol. The Hall–Kier alpha value is -4.93. The van der Waals surface area contributed by atoms with Gasteiger partial charge in [0, 0.05) is 17.5 Å². The maximum Gasteiger partial charge on any atom is 0.404 e. The van der Waals surface area contributed by atoms with Crippen LogP contribution in [-0.2, 0) is 50.4 Å². The number of hydrogen-bond acceptors (Lipinski definition) is 15. The van der Waals surface area contributed by atoms with Crippen LogP contribution in [0.2, 0.25) is 0 Å². The summed E-state index contributed by atoms with van der Waals surface area (Å²) in [5.41, 5.74) is 4.22. The SMILES string of the molecule is NC(=O)OC[C@@H]1[C@H](NC(=O)C(=NOCC(=O)OCc2ccc([N+](=O)[O-])cc2)c2csc(NC(=O)CCl)n2)C(=O)N1S(=O)(=O)O. The number of oxime groups is 1. The average Bonchev–Trinajstić information content (AvgIpc) is 3.41. The maximum absolute atomic E-state index is 13.1. The third-order valence-electron chi connectivity index (χ3n) is 5.32. The van der Waals surface area contributed by atoms with Crippen molar-refractivity contribution in [3.05, 3.63) is 51.0 Å². The summed E-state index contributed by atoms with van der Waals surface area (Å²) in [4.78, 5) is 79.3. The van der Waals surface area contributed by atoms with E-state index in [0.29, 0.717) is 5.56 Å². The van der Waals surface area contributed by atoms with E-state index in [1.165, 1.54) is 29.6 Å². The minimum absolute atomic E-state index is 0.0290. The lowest BCUT2D eigenvalue weighted by Crippen LogP contribution is -2.73. The van der Waals surface area contributed by atoms with Gasteiger partial charge in [0.2, 0.25) is 12.5 Å². The van der Waals surface area contributed by atoms with Gasteiger partial charge < -0.3 is 30.7 Å². The van der Waals surface area contributed by atoms with E-state index in [9.17, 15) is 47.1 Å². The van der Waals surface area contributed by atoms with E-state index in [0.717, 1.165) is 11.3 Å². The van der Waals surface area contributed by atoms with Crippen molar-refractivity contribution in [2.45, 2.75) is 18.7 Å². The van der Waals surface area contributed by atoms with Crippen LogP contribution in [0.25, 0.3) is 0 Å². The molecule has 0 unspecified atom stereocenters. The molecule has 1 fully saturated rings. The van der Waals surface area contributed by atoms with Crippen molar-refractivity contribution in [2.75, 3.05) is 24.4 Å². The van der Waals surface area contributed by atoms with E-state index >= 15 is 0 Å². The molecule has 1 aliphatic heterocycles. The average molecular weight is 678 g/mol. The van der Waals surface area contributed by atoms with Crippen molar-refractivity contribution in [3.8, 4) is 0 Å². The number of rotatable bonds is 14. The van der Waals surface area contributed by atoms with Crippen LogP contribution < -0.4 is 16.4 Å². The molecular weight excluding hydrogens is 658 g/mol. The Bertz CT molecular complexity index is 1600. The van der Waals surface area contributed by atoms with Crippen molar-refractivity contribution in [3.63, 3.8) is 0 Å². The molecule has 0 saturated carbocycles. The number of benzene rings is 1. The van der Waals surface area contributed by atoms with Crippen LogP contribution in [0.1, 0.15) is 11.3 Å². The fraction of sp³-hybridized carbons (Fsp3) is 0.286. The van der Waals surface area contributed by atoms with E-state index < -0.39 is 81.9 Å². The molecule has 3 rings (SSSR count). The number of anilines is 1. The largest absolute Gasteiger partial charge is 0.458 e. The number of nitrogens with two attached hydrogens (primary N) is 1. The quantitative estimate of drug-likeness (QED) is 0.0365. The summed E-state index contributed by atoms with van der Waals surface area (Å²) in [6.45, 7) is -1.96. The number of nitrogens with one attached hydrogen (secondary N) is 2. The number of hydrogen-bond donors (Lipinski definition) is 4. The zero-order chi connectivity index (χ0) is 32.6. The number of esters is 1. The van der Waals surface area contributed by atoms with Gasteiger partial charge in [0.1, 0.15) is 36.9 Å². The lowest BCUT2D eigenvalue weighted by molar-refractivity contribution is -0.384. The van der Waals surface area contributed by atoms with Crippen LogP contribution in [0.5, 0.6) is 0 Å². The molecule has 236 valence electrons. The molecule has 0 aliphatic carbocycles. The molecule has 1 aromatic heterocycles. The normalized spacial score (nSPS) is 16.4. The minimum Gasteiger partial charge on any atom is -0.458 e. The van der Waals surface area contributed by atoms with Crippen LogP contribution in [0, 0.1) is 10.1 Å². The first-order valence-electron chi connectivity index (χ1n) is 11.7. The highest BCUT2D eigenvalue weighted by atomic mass is 35.5. The van der Waals surface area contributed by atoms with Crippen LogP contribution >= 0.6 is 22.9 Å². The highest BCUT2D eigenvalue weighted by Gasteiger charge is 2.55. The van der Waals surface area contributed by atoms with E-state index in [-0.39, 0.29) is 27.4 Å². The summed E-state index contributed by atoms with van der Waals surface area (Å²) in [6, 6.07) is 1.87. The first kappa shape index (κ1) is 33.6. The first-order valence-corrected chi connectivity index (χ1v) is 14.5. The smallest absolute Gasteiger partial charge is 0.404 e. The molecule has 1 aromatic carbocycles. The summed E-state index contributed by atoms with van der Waals surface area (Å²) in [7, 11) is -5.12. The number of nitrogens with zero attached hydrogens (tertiary/aromatic N) is 4. The lowest BCUT2D eigenvalue weighted by atomic mass is 9.99. The lowest BCUT2D eigenvalue weighted by Gasteiger charge is -2.43. The van der Waals surface area contributed by atoms with Crippen LogP contribution in [0.15, 0.2) is 34.8 Å². The van der Waals surface area contributed by atoms with Crippen LogP contribution in [0.4, 0.5) is 15.6 Å². The van der Waals surface area contributed by atoms with Gasteiger partial charge in [0.25, 0.3) is 17.5 Å². The highest BCUT2D eigenvalue weighted by Crippen LogP contribution is 2.24. The summed E-state index contributed by atoms with van der Waals surface area (Å²) in [5.74, 6) is -4.53. The van der Waals surface area contributed by atoms with Crippen molar-refractivity contribution in [1.29, 1.82) is 0 Å². The summed E-state index contributed by atoms with van der Waals surface area (Å²) in [6.07, 6.45) is -1.34. The second-order valence-electron chi connectivity index (χ2n) is 8.28. The number of thiazole rings is 1. The highest BCUT2D eigenvalue weighted by molar-refractivity contribution is 7.84. The van der Waals surface area contributed by atoms with Gasteiger partial charge in [-0.05, 0) is 17.7 Å². The van der Waals surface area contributed by atoms with Gasteiger partial charge in [-0.1, -0.05) is 5.16 Å². The summed E-state index contributed by atoms with van der Waals surface area (Å²) >= 11 is 6.28. The Morgan fingerprint density at radius 1 is 1.23 bits per heavy atom. The molecule has 2 atom stereocenters. The Morgan fingerprint density at radius 3 is 2.50 bits per heavy atom. The second kappa shape index (κ2) is 14.5. The number of aromatic nitrogens is 1. The Balaban J connectivity index is 1.75. The molecule has 4 amide bonds. The number of ether oxygens (including phenoxy) is 2. The molecule has 20 nitrogen and oxygen atoms in total. The molecule has 0 radical (unpaired) electrons. The Morgan fingerprint density at radius 2 is 1.91 bits per heavy atom. The fourth-order valence-corrected chi connectivity index (χ4v) is 5.01. The zero-order valence-corrected chi connectivity index (χ0v) is 24.2. The van der Waals surface area contributed by atoms with E-state index in [1.807, 2.05) is 0 Å². The Labute approximate surface area is 255 Å². The minimum atomic E-state index is -5.12. The van der Waals surface area contributed by atoms with Crippen molar-refractivity contribution in [2.24, 2.45) is 10.9 Å². The molecule has 44 heavy (non-hydrogen) atoms. The van der Waals surface area contributed by atoms with E-state index in [1.54, 1.807) is 0 Å². The second-order valence-corrected chi connectivity index (χ2v) is 10.7. The molecule has 1 saturated heterocycles. The standard InChI is InChI=1S/C21H20ClN7O13S2/c22-5-14(30)25-21-24-12(9-43-21)16(27-42-8-15(31)40-6-10-1-3-11(4-2-10)29(35)36)18(32)26-17-13(7-41-20(23)34)28(19(17)33)44(37,38)39/h1-4,9,13,17H,5-8H2,(H2,23,34)(H,26,32)(H,24,25,30)(H,37,38,39)/t13-,17+/m1/s1. The molecule has 0 spiro atoms. The van der Waals surface area contributed by atoms with Crippen molar-refractivity contribution < 1.29 is 56.2 Å². The third-order valence-corrected chi connectivity index (χ3v) is 7.26. The molecule has 5 N–H and O–H groups in total. The summed E-state index contributed by atoms with van der Waals surface area (Å²) in [5, 5.41) is 20.0. The van der Waals surface area contributed by atoms with Crippen molar-refractivity contribution >= 4 is 79.6 Å². The Kier molecular flexibility index (Phi) is 11.1. The number of nitro benzene ring substituents is 1. The van der Waals surface area contributed by atoms with Gasteiger partial charge in [0.05, 0.1) is 4.92 Å². The third kappa shape index (κ3) is 8.79. The van der Waals surface area contributed by atoms with Crippen molar-refractivity contribution in [1.82, 2.24) is 14.6 Å². The van der Waals surface area contributed by atoms with Gasteiger partial charge in [0.15, 0.2) is 10.8 Å². The topological polar surface area (TPSA) is 289 Å². The van der Waals surface area contributed by atoms with E-state index in [4.69, 9.17) is 26.9 Å². The number of non-ortho nitro benzene ring substituents is 1. The number of halogens is 1. The molecule has 0 bridgehead atoms. The number of β-lactam (4-membered cyclic amide) rings is 1. The number of nitro groups is 1. The first-order chi connectivity index (χ1) is 20.7. The van der Waals surface area contributed by atoms with Crippen LogP contribution in [-0.4, -0.2) is 93.9 Å². The molecule has 2 aromatic rings. The van der Waals surface area contributed by atoms with Gasteiger partial charge in [-0.3, -0.25) is 29.1 Å². The van der Waals surface area contributed by atoms with Gasteiger partial charge in [-0.2, -0.15) is 8.42 Å². The number of carbonyl (C=O) groups is 5. The monoisotopic (exact) mass is 677 g/mol. The zero-order valence-electron chi connectivity index (χ0n) is 21.8. The maximum atomic E-state index is 13.1. The molecule has 2 heterocycles. The number of carbonyl (C=O) groups excluding carboxylic acids is 5. The van der Waals surface area contributed by atoms with Gasteiger partial charge in [-0.15, -0.1) is 22.9 Å². The van der Waals surface area contributed by atoms with Crippen LogP contribution in [0.3, 0.4) is 0 Å². The summed E-state index contributed by atoms with van der Waals surface area (Å²) < 4.78 is 41.9. The van der Waals surface area contributed by atoms with Gasteiger partial charge in [-0.25, -0.2) is 18.9 Å². The molecule has 1 aliphatic rings. The molecular formula is C21H20ClN7O13S2. The van der Waals surface area contributed by atoms with E-state index in [2.05, 4.69) is 25.5 Å². The number of primary amides is 1. The number of alkyl halides is 1. The number of amides is 4.